The first-order chi connectivity index (χ1) is 12.0. The molecule has 25 heavy (non-hydrogen) atoms. The van der Waals surface area contributed by atoms with Crippen molar-refractivity contribution in [3.63, 3.8) is 0 Å². The molecule has 9 heteroatoms. The van der Waals surface area contributed by atoms with Crippen molar-refractivity contribution >= 4 is 21.1 Å². The number of nitrogens with one attached hydrogen (secondary N) is 2. The predicted octanol–water partition coefficient (Wildman–Crippen LogP) is 1.08. The van der Waals surface area contributed by atoms with Crippen LogP contribution in [0.2, 0.25) is 0 Å². The fraction of sp³-hybridized carbons (Fsp3) is 0.625. The van der Waals surface area contributed by atoms with Crippen LogP contribution in [-0.4, -0.2) is 51.9 Å². The van der Waals surface area contributed by atoms with Gasteiger partial charge in [0.15, 0.2) is 0 Å². The number of fused-ring (bicyclic) bond motifs is 1. The molecule has 0 radical (unpaired) electrons. The molecule has 0 aromatic carbocycles. The second-order valence-corrected chi connectivity index (χ2v) is 8.28. The maximum atomic E-state index is 12.7. The molecule has 3 rings (SSSR count). The molecule has 1 saturated heterocycles. The number of hydrogen-bond donors (Lipinski definition) is 2. The Kier molecular flexibility index (Phi) is 5.38. The summed E-state index contributed by atoms with van der Waals surface area (Å²) in [5.41, 5.74) is 0.870. The number of pyridine rings is 1. The van der Waals surface area contributed by atoms with E-state index in [-0.39, 0.29) is 10.3 Å². The number of piperidine rings is 1. The molecule has 0 atom stereocenters. The number of methoxy groups -OCH3 is 1. The average Bonchev–Trinajstić information content (AvgIpc) is 3.04. The van der Waals surface area contributed by atoms with E-state index >= 15 is 0 Å². The highest BCUT2D eigenvalue weighted by atomic mass is 32.2. The minimum atomic E-state index is -3.67. The van der Waals surface area contributed by atoms with Crippen LogP contribution in [0.15, 0.2) is 21.7 Å². The lowest BCUT2D eigenvalue weighted by atomic mass is 9.80. The molecule has 2 aromatic heterocycles. The summed E-state index contributed by atoms with van der Waals surface area (Å²) in [7, 11) is -2.02. The zero-order valence-corrected chi connectivity index (χ0v) is 15.4. The van der Waals surface area contributed by atoms with Gasteiger partial charge in [-0.15, -0.1) is 0 Å². The van der Waals surface area contributed by atoms with Crippen molar-refractivity contribution in [3.05, 3.63) is 18.0 Å². The molecular formula is C16H24N4O4S. The molecule has 0 bridgehead atoms. The van der Waals surface area contributed by atoms with Crippen LogP contribution in [0.3, 0.4) is 0 Å². The average molecular weight is 368 g/mol. The van der Waals surface area contributed by atoms with Crippen molar-refractivity contribution in [2.75, 3.05) is 33.4 Å². The van der Waals surface area contributed by atoms with Crippen LogP contribution < -0.4 is 10.0 Å². The van der Waals surface area contributed by atoms with Crippen molar-refractivity contribution < 1.29 is 17.7 Å². The molecule has 3 heterocycles. The number of nitrogens with zero attached hydrogens (tertiary/aromatic N) is 2. The Morgan fingerprint density at radius 3 is 2.84 bits per heavy atom. The first kappa shape index (κ1) is 18.2. The predicted molar refractivity (Wildman–Crippen MR) is 92.8 cm³/mol. The van der Waals surface area contributed by atoms with E-state index < -0.39 is 10.0 Å². The molecule has 1 aliphatic heterocycles. The highest BCUT2D eigenvalue weighted by Gasteiger charge is 2.33. The number of aromatic nitrogens is 2. The standard InChI is InChI=1S/C16H24N4O4S/c1-3-14-13-8-12(9-18-15(13)24-20-14)25(21,22)19-10-16(11-23-2)4-6-17-7-5-16/h8-9,17,19H,3-7,10-11H2,1-2H3. The molecule has 8 nitrogen and oxygen atoms in total. The van der Waals surface area contributed by atoms with E-state index in [1.54, 1.807) is 13.2 Å². The second kappa shape index (κ2) is 7.36. The minimum Gasteiger partial charge on any atom is -0.384 e. The summed E-state index contributed by atoms with van der Waals surface area (Å²) < 4.78 is 38.6. The molecule has 0 amide bonds. The second-order valence-electron chi connectivity index (χ2n) is 6.51. The van der Waals surface area contributed by atoms with Gasteiger partial charge < -0.3 is 14.6 Å². The van der Waals surface area contributed by atoms with E-state index in [0.717, 1.165) is 25.9 Å². The van der Waals surface area contributed by atoms with Gasteiger partial charge in [0.2, 0.25) is 10.0 Å². The van der Waals surface area contributed by atoms with E-state index in [0.29, 0.717) is 36.4 Å². The molecule has 0 unspecified atom stereocenters. The van der Waals surface area contributed by atoms with Gasteiger partial charge in [-0.2, -0.15) is 0 Å². The summed E-state index contributed by atoms with van der Waals surface area (Å²) in [6.07, 6.45) is 3.69. The van der Waals surface area contributed by atoms with E-state index in [1.165, 1.54) is 6.20 Å². The number of rotatable bonds is 7. The van der Waals surface area contributed by atoms with Crippen LogP contribution in [0, 0.1) is 5.41 Å². The van der Waals surface area contributed by atoms with Crippen molar-refractivity contribution in [2.24, 2.45) is 5.41 Å². The van der Waals surface area contributed by atoms with Crippen LogP contribution in [0.5, 0.6) is 0 Å². The van der Waals surface area contributed by atoms with Gasteiger partial charge in [-0.05, 0) is 38.4 Å². The third-order valence-corrected chi connectivity index (χ3v) is 6.14. The lowest BCUT2D eigenvalue weighted by Crippen LogP contribution is -2.47. The smallest absolute Gasteiger partial charge is 0.258 e. The van der Waals surface area contributed by atoms with Crippen molar-refractivity contribution in [1.29, 1.82) is 0 Å². The van der Waals surface area contributed by atoms with E-state index in [2.05, 4.69) is 20.2 Å². The van der Waals surface area contributed by atoms with E-state index in [4.69, 9.17) is 9.26 Å². The van der Waals surface area contributed by atoms with Crippen LogP contribution in [0.1, 0.15) is 25.5 Å². The molecule has 2 aromatic rings. The van der Waals surface area contributed by atoms with Crippen LogP contribution in [-0.2, 0) is 21.2 Å². The summed E-state index contributed by atoms with van der Waals surface area (Å²) in [6, 6.07) is 1.57. The van der Waals surface area contributed by atoms with E-state index in [1.807, 2.05) is 6.92 Å². The topological polar surface area (TPSA) is 106 Å². The number of aryl methyl sites for hydroxylation is 1. The summed E-state index contributed by atoms with van der Waals surface area (Å²) in [4.78, 5) is 4.21. The van der Waals surface area contributed by atoms with Crippen LogP contribution in [0.25, 0.3) is 11.1 Å². The zero-order chi connectivity index (χ0) is 17.9. The lowest BCUT2D eigenvalue weighted by molar-refractivity contribution is 0.0577. The van der Waals surface area contributed by atoms with Gasteiger partial charge in [-0.25, -0.2) is 18.1 Å². The Hall–Kier alpha value is -1.55. The molecular weight excluding hydrogens is 344 g/mol. The Balaban J connectivity index is 1.81. The maximum Gasteiger partial charge on any atom is 0.258 e. The Morgan fingerprint density at radius 2 is 2.16 bits per heavy atom. The highest BCUT2D eigenvalue weighted by molar-refractivity contribution is 7.89. The molecule has 0 aliphatic carbocycles. The number of ether oxygens (including phenoxy) is 1. The first-order valence-electron chi connectivity index (χ1n) is 8.43. The number of sulfonamides is 1. The van der Waals surface area contributed by atoms with Crippen molar-refractivity contribution in [1.82, 2.24) is 20.2 Å². The maximum absolute atomic E-state index is 12.7. The SMILES string of the molecule is CCc1noc2ncc(S(=O)(=O)NCC3(COC)CCNCC3)cc12. The molecule has 0 saturated carbocycles. The fourth-order valence-electron chi connectivity index (χ4n) is 3.23. The van der Waals surface area contributed by atoms with Gasteiger partial charge in [-0.1, -0.05) is 12.1 Å². The first-order valence-corrected chi connectivity index (χ1v) is 9.92. The summed E-state index contributed by atoms with van der Waals surface area (Å²) in [6.45, 7) is 4.52. The molecule has 1 fully saturated rings. The largest absolute Gasteiger partial charge is 0.384 e. The van der Waals surface area contributed by atoms with Gasteiger partial charge in [0.25, 0.3) is 5.71 Å². The van der Waals surface area contributed by atoms with Gasteiger partial charge in [-0.3, -0.25) is 0 Å². The monoisotopic (exact) mass is 368 g/mol. The third-order valence-electron chi connectivity index (χ3n) is 4.78. The van der Waals surface area contributed by atoms with Gasteiger partial charge in [0, 0.05) is 19.1 Å². The molecule has 138 valence electrons. The van der Waals surface area contributed by atoms with Crippen molar-refractivity contribution in [3.8, 4) is 0 Å². The highest BCUT2D eigenvalue weighted by Crippen LogP contribution is 2.29. The lowest BCUT2D eigenvalue weighted by Gasteiger charge is -2.37. The Morgan fingerprint density at radius 1 is 1.40 bits per heavy atom. The normalized spacial score (nSPS) is 17.8. The summed E-state index contributed by atoms with van der Waals surface area (Å²) >= 11 is 0. The Labute approximate surface area is 147 Å². The van der Waals surface area contributed by atoms with Gasteiger partial charge >= 0.3 is 0 Å². The van der Waals surface area contributed by atoms with E-state index in [9.17, 15) is 8.42 Å². The molecule has 1 aliphatic rings. The van der Waals surface area contributed by atoms with Crippen LogP contribution >= 0.6 is 0 Å². The summed E-state index contributed by atoms with van der Waals surface area (Å²) in [5, 5.41) is 7.85. The van der Waals surface area contributed by atoms with Crippen LogP contribution in [0.4, 0.5) is 0 Å². The third kappa shape index (κ3) is 3.84. The summed E-state index contributed by atoms with van der Waals surface area (Å²) in [5.74, 6) is 0. The molecule has 0 spiro atoms. The Bertz CT molecular complexity index is 822. The quantitative estimate of drug-likeness (QED) is 0.753. The number of hydrogen-bond acceptors (Lipinski definition) is 7. The zero-order valence-electron chi connectivity index (χ0n) is 14.5. The van der Waals surface area contributed by atoms with Gasteiger partial charge in [0.05, 0.1) is 23.9 Å². The molecule has 2 N–H and O–H groups in total. The fourth-order valence-corrected chi connectivity index (χ4v) is 4.36. The minimum absolute atomic E-state index is 0.124. The van der Waals surface area contributed by atoms with Crippen molar-refractivity contribution in [2.45, 2.75) is 31.1 Å². The van der Waals surface area contributed by atoms with Gasteiger partial charge in [0.1, 0.15) is 4.90 Å².